The molecule has 0 radical (unpaired) electrons. The first kappa shape index (κ1) is 13.2. The van der Waals surface area contributed by atoms with E-state index in [9.17, 15) is 4.79 Å². The number of nitrogens with one attached hydrogen (secondary N) is 1. The normalized spacial score (nSPS) is 13.7. The third kappa shape index (κ3) is 2.59. The molecular formula is C19H15NO. The van der Waals surface area contributed by atoms with Crippen LogP contribution >= 0.6 is 0 Å². The first-order valence-corrected chi connectivity index (χ1v) is 6.91. The van der Waals surface area contributed by atoms with E-state index in [0.717, 1.165) is 41.6 Å². The second-order valence-electron chi connectivity index (χ2n) is 5.00. The van der Waals surface area contributed by atoms with Gasteiger partial charge < -0.3 is 5.32 Å². The lowest BCUT2D eigenvalue weighted by atomic mass is 9.97. The average molecular weight is 273 g/mol. The number of terminal acetylenes is 1. The number of allylic oxidation sites excluding steroid dienone is 1. The topological polar surface area (TPSA) is 29.1 Å². The molecule has 0 amide bonds. The lowest BCUT2D eigenvalue weighted by Crippen LogP contribution is -2.04. The molecule has 2 aromatic carbocycles. The average Bonchev–Trinajstić information content (AvgIpc) is 3.04. The number of carbonyl (C=O) groups excluding carboxylic acids is 1. The van der Waals surface area contributed by atoms with Crippen molar-refractivity contribution in [2.24, 2.45) is 0 Å². The number of aldehydes is 1. The van der Waals surface area contributed by atoms with Crippen molar-refractivity contribution in [3.8, 4) is 23.5 Å². The largest absolute Gasteiger partial charge is 0.378 e. The van der Waals surface area contributed by atoms with Gasteiger partial charge in [0.05, 0.1) is 5.70 Å². The van der Waals surface area contributed by atoms with Crippen LogP contribution in [0.2, 0.25) is 0 Å². The molecule has 0 saturated heterocycles. The summed E-state index contributed by atoms with van der Waals surface area (Å²) in [5.41, 5.74) is 6.15. The fourth-order valence-electron chi connectivity index (χ4n) is 2.61. The van der Waals surface area contributed by atoms with Gasteiger partial charge >= 0.3 is 0 Å². The summed E-state index contributed by atoms with van der Waals surface area (Å²) in [4.78, 5) is 10.7. The van der Waals surface area contributed by atoms with Crippen LogP contribution in [0.4, 0.5) is 0 Å². The van der Waals surface area contributed by atoms with Gasteiger partial charge in [0.25, 0.3) is 0 Å². The molecule has 0 fully saturated rings. The summed E-state index contributed by atoms with van der Waals surface area (Å²) in [7, 11) is 0. The second-order valence-corrected chi connectivity index (χ2v) is 5.00. The minimum atomic E-state index is 0.687. The van der Waals surface area contributed by atoms with Gasteiger partial charge in [0.1, 0.15) is 6.29 Å². The summed E-state index contributed by atoms with van der Waals surface area (Å²) < 4.78 is 0. The van der Waals surface area contributed by atoms with E-state index in [4.69, 9.17) is 6.42 Å². The van der Waals surface area contributed by atoms with Gasteiger partial charge in [0, 0.05) is 12.1 Å². The number of carbonyl (C=O) groups is 1. The Hall–Kier alpha value is -2.79. The Bertz CT molecular complexity index is 748. The third-order valence-electron chi connectivity index (χ3n) is 3.71. The van der Waals surface area contributed by atoms with Gasteiger partial charge in [-0.15, -0.1) is 6.42 Å². The molecule has 0 saturated carbocycles. The Labute approximate surface area is 124 Å². The molecule has 0 bridgehead atoms. The SMILES string of the molecule is C#CC1=C(c2cccc(-c3ccc(C=O)cc3)c2)CCN1. The van der Waals surface area contributed by atoms with E-state index >= 15 is 0 Å². The van der Waals surface area contributed by atoms with Crippen molar-refractivity contribution >= 4 is 11.9 Å². The highest BCUT2D eigenvalue weighted by Crippen LogP contribution is 2.29. The minimum absolute atomic E-state index is 0.687. The van der Waals surface area contributed by atoms with Crippen molar-refractivity contribution in [1.29, 1.82) is 0 Å². The van der Waals surface area contributed by atoms with Gasteiger partial charge in [0.2, 0.25) is 0 Å². The molecule has 2 nitrogen and oxygen atoms in total. The highest BCUT2D eigenvalue weighted by atomic mass is 16.1. The smallest absolute Gasteiger partial charge is 0.150 e. The van der Waals surface area contributed by atoms with Gasteiger partial charge in [-0.1, -0.05) is 48.4 Å². The Morgan fingerprint density at radius 1 is 1.05 bits per heavy atom. The summed E-state index contributed by atoms with van der Waals surface area (Å²) in [5.74, 6) is 2.72. The number of hydrogen-bond acceptors (Lipinski definition) is 2. The molecule has 2 heteroatoms. The Morgan fingerprint density at radius 2 is 1.81 bits per heavy atom. The molecule has 0 atom stereocenters. The lowest BCUT2D eigenvalue weighted by molar-refractivity contribution is 0.112. The quantitative estimate of drug-likeness (QED) is 0.685. The number of hydrogen-bond donors (Lipinski definition) is 1. The summed E-state index contributed by atoms with van der Waals surface area (Å²) in [6, 6.07) is 15.9. The van der Waals surface area contributed by atoms with Gasteiger partial charge in [-0.2, -0.15) is 0 Å². The van der Waals surface area contributed by atoms with Crippen LogP contribution in [0.1, 0.15) is 22.3 Å². The molecule has 1 aliphatic rings. The number of benzene rings is 2. The maximum Gasteiger partial charge on any atom is 0.150 e. The van der Waals surface area contributed by atoms with Crippen LogP contribution in [0.15, 0.2) is 54.2 Å². The Kier molecular flexibility index (Phi) is 3.57. The van der Waals surface area contributed by atoms with E-state index in [-0.39, 0.29) is 0 Å². The van der Waals surface area contributed by atoms with Crippen molar-refractivity contribution in [2.75, 3.05) is 6.54 Å². The molecule has 0 aromatic heterocycles. The van der Waals surface area contributed by atoms with Crippen LogP contribution < -0.4 is 5.32 Å². The second kappa shape index (κ2) is 5.68. The lowest BCUT2D eigenvalue weighted by Gasteiger charge is -2.07. The third-order valence-corrected chi connectivity index (χ3v) is 3.71. The van der Waals surface area contributed by atoms with E-state index in [2.05, 4.69) is 29.4 Å². The van der Waals surface area contributed by atoms with Crippen LogP contribution in [-0.2, 0) is 0 Å². The van der Waals surface area contributed by atoms with Crippen molar-refractivity contribution in [3.63, 3.8) is 0 Å². The minimum Gasteiger partial charge on any atom is -0.378 e. The monoisotopic (exact) mass is 273 g/mol. The zero-order valence-electron chi connectivity index (χ0n) is 11.6. The zero-order chi connectivity index (χ0) is 14.7. The molecule has 2 aromatic rings. The molecule has 1 aliphatic heterocycles. The van der Waals surface area contributed by atoms with E-state index in [1.807, 2.05) is 30.3 Å². The Balaban J connectivity index is 2.00. The highest BCUT2D eigenvalue weighted by Gasteiger charge is 2.14. The first-order valence-electron chi connectivity index (χ1n) is 6.91. The van der Waals surface area contributed by atoms with Crippen LogP contribution in [0.5, 0.6) is 0 Å². The van der Waals surface area contributed by atoms with Crippen LogP contribution in [0.3, 0.4) is 0 Å². The first-order chi connectivity index (χ1) is 10.3. The fourth-order valence-corrected chi connectivity index (χ4v) is 2.61. The van der Waals surface area contributed by atoms with E-state index in [1.165, 1.54) is 5.57 Å². The van der Waals surface area contributed by atoms with Gasteiger partial charge in [0.15, 0.2) is 0 Å². The fraction of sp³-hybridized carbons (Fsp3) is 0.105. The summed E-state index contributed by atoms with van der Waals surface area (Å²) >= 11 is 0. The predicted octanol–water partition coefficient (Wildman–Crippen LogP) is 3.50. The summed E-state index contributed by atoms with van der Waals surface area (Å²) in [6.07, 6.45) is 7.35. The maximum absolute atomic E-state index is 10.7. The number of rotatable bonds is 3. The van der Waals surface area contributed by atoms with E-state index < -0.39 is 0 Å². The molecule has 1 N–H and O–H groups in total. The van der Waals surface area contributed by atoms with Gasteiger partial charge in [-0.05, 0) is 34.8 Å². The van der Waals surface area contributed by atoms with Crippen molar-refractivity contribution in [3.05, 3.63) is 65.4 Å². The summed E-state index contributed by atoms with van der Waals surface area (Å²) in [6.45, 7) is 0.896. The van der Waals surface area contributed by atoms with E-state index in [0.29, 0.717) is 5.56 Å². The van der Waals surface area contributed by atoms with Crippen molar-refractivity contribution in [2.45, 2.75) is 6.42 Å². The molecule has 3 rings (SSSR count). The molecule has 21 heavy (non-hydrogen) atoms. The van der Waals surface area contributed by atoms with Gasteiger partial charge in [-0.3, -0.25) is 4.79 Å². The van der Waals surface area contributed by atoms with E-state index in [1.54, 1.807) is 0 Å². The molecule has 0 spiro atoms. The summed E-state index contributed by atoms with van der Waals surface area (Å²) in [5, 5.41) is 3.23. The molecular weight excluding hydrogens is 258 g/mol. The Morgan fingerprint density at radius 3 is 2.52 bits per heavy atom. The van der Waals surface area contributed by atoms with Crippen LogP contribution in [-0.4, -0.2) is 12.8 Å². The standard InChI is InChI=1S/C19H15NO/c1-2-19-18(10-11-20-19)17-5-3-4-16(12-17)15-8-6-14(13-21)7-9-15/h1,3-9,12-13,20H,10-11H2. The van der Waals surface area contributed by atoms with Crippen LogP contribution in [0.25, 0.3) is 16.7 Å². The maximum atomic E-state index is 10.7. The van der Waals surface area contributed by atoms with Crippen LogP contribution in [0, 0.1) is 12.3 Å². The zero-order valence-corrected chi connectivity index (χ0v) is 11.6. The molecule has 1 heterocycles. The molecule has 102 valence electrons. The van der Waals surface area contributed by atoms with Gasteiger partial charge in [-0.25, -0.2) is 0 Å². The predicted molar refractivity (Wildman–Crippen MR) is 85.6 cm³/mol. The van der Waals surface area contributed by atoms with Crippen molar-refractivity contribution in [1.82, 2.24) is 5.32 Å². The highest BCUT2D eigenvalue weighted by molar-refractivity contribution is 5.79. The molecule has 0 unspecified atom stereocenters. The van der Waals surface area contributed by atoms with Crippen molar-refractivity contribution < 1.29 is 4.79 Å². The molecule has 0 aliphatic carbocycles.